The molecule has 0 aliphatic heterocycles. The molecule has 2 nitrogen and oxygen atoms in total. The van der Waals surface area contributed by atoms with Gasteiger partial charge in [0.15, 0.2) is 0 Å². The first-order valence-corrected chi connectivity index (χ1v) is 10.8. The standard InChI is InChI=1S/C23H32O2/c1-22(2)15-6-7-18(22)23(3,11-15)25-21(24)17-10-14-9-16(17)20-13-5-4-12(8-13)19(14)20/h4-5,12-20H,6-11H2,1-3H3. The second-order valence-corrected chi connectivity index (χ2v) is 11.2. The van der Waals surface area contributed by atoms with E-state index in [9.17, 15) is 4.79 Å². The van der Waals surface area contributed by atoms with Gasteiger partial charge in [0.05, 0.1) is 5.92 Å². The normalized spacial score (nSPS) is 58.9. The minimum absolute atomic E-state index is 0.170. The van der Waals surface area contributed by atoms with Crippen LogP contribution in [0.3, 0.4) is 0 Å². The summed E-state index contributed by atoms with van der Waals surface area (Å²) < 4.78 is 6.38. The van der Waals surface area contributed by atoms with Crippen LogP contribution < -0.4 is 0 Å². The molecule has 10 atom stereocenters. The molecular weight excluding hydrogens is 308 g/mol. The molecule has 0 radical (unpaired) electrons. The molecule has 6 aliphatic carbocycles. The lowest BCUT2D eigenvalue weighted by Gasteiger charge is -2.39. The van der Waals surface area contributed by atoms with Crippen LogP contribution in [0.1, 0.15) is 59.3 Å². The molecule has 0 N–H and O–H groups in total. The zero-order valence-electron chi connectivity index (χ0n) is 15.9. The summed E-state index contributed by atoms with van der Waals surface area (Å²) in [5, 5.41) is 0. The predicted molar refractivity (Wildman–Crippen MR) is 96.5 cm³/mol. The molecule has 0 aromatic carbocycles. The second kappa shape index (κ2) is 4.54. The highest BCUT2D eigenvalue weighted by Crippen LogP contribution is 2.68. The summed E-state index contributed by atoms with van der Waals surface area (Å²) in [7, 11) is 0. The summed E-state index contributed by atoms with van der Waals surface area (Å²) in [4.78, 5) is 13.2. The fourth-order valence-corrected chi connectivity index (χ4v) is 9.19. The molecule has 5 saturated carbocycles. The minimum Gasteiger partial charge on any atom is -0.459 e. The first-order chi connectivity index (χ1) is 11.9. The van der Waals surface area contributed by atoms with Crippen molar-refractivity contribution in [1.29, 1.82) is 0 Å². The van der Waals surface area contributed by atoms with Gasteiger partial charge < -0.3 is 4.74 Å². The maximum atomic E-state index is 13.2. The number of ether oxygens (including phenoxy) is 1. The fraction of sp³-hybridized carbons (Fsp3) is 0.870. The van der Waals surface area contributed by atoms with E-state index in [1.807, 2.05) is 0 Å². The third kappa shape index (κ3) is 1.75. The van der Waals surface area contributed by atoms with Crippen LogP contribution in [0.4, 0.5) is 0 Å². The van der Waals surface area contributed by atoms with Gasteiger partial charge in [0, 0.05) is 5.92 Å². The molecule has 0 spiro atoms. The maximum Gasteiger partial charge on any atom is 0.309 e. The van der Waals surface area contributed by atoms with E-state index in [1.54, 1.807) is 0 Å². The number of allylic oxidation sites excluding steroid dienone is 2. The molecule has 6 bridgehead atoms. The van der Waals surface area contributed by atoms with Crippen molar-refractivity contribution in [3.63, 3.8) is 0 Å². The monoisotopic (exact) mass is 340 g/mol. The molecule has 0 saturated heterocycles. The Hall–Kier alpha value is -0.790. The third-order valence-corrected chi connectivity index (χ3v) is 10.0. The number of esters is 1. The van der Waals surface area contributed by atoms with Crippen LogP contribution in [0.2, 0.25) is 0 Å². The number of hydrogen-bond donors (Lipinski definition) is 0. The molecule has 25 heavy (non-hydrogen) atoms. The van der Waals surface area contributed by atoms with Crippen LogP contribution in [0.5, 0.6) is 0 Å². The first-order valence-electron chi connectivity index (χ1n) is 10.8. The molecule has 0 heterocycles. The van der Waals surface area contributed by atoms with Crippen molar-refractivity contribution in [2.24, 2.45) is 58.7 Å². The molecule has 10 unspecified atom stereocenters. The highest BCUT2D eigenvalue weighted by molar-refractivity contribution is 5.74. The summed E-state index contributed by atoms with van der Waals surface area (Å²) in [6.45, 7) is 7.04. The van der Waals surface area contributed by atoms with E-state index in [0.29, 0.717) is 17.3 Å². The van der Waals surface area contributed by atoms with Crippen molar-refractivity contribution in [3.05, 3.63) is 12.2 Å². The van der Waals surface area contributed by atoms with E-state index in [1.165, 1.54) is 25.7 Å². The Morgan fingerprint density at radius 2 is 1.76 bits per heavy atom. The number of hydrogen-bond acceptors (Lipinski definition) is 2. The molecular formula is C23H32O2. The SMILES string of the molecule is CC1(OC(=O)C2CC3CC2C2C4C=CC(C4)C32)CC2CCC1C2(C)C. The molecule has 0 amide bonds. The average Bonchev–Trinajstić information content (AvgIpc) is 3.34. The lowest BCUT2D eigenvalue weighted by atomic mass is 9.69. The van der Waals surface area contributed by atoms with Crippen LogP contribution in [0.15, 0.2) is 12.2 Å². The third-order valence-electron chi connectivity index (χ3n) is 10.0. The van der Waals surface area contributed by atoms with E-state index in [0.717, 1.165) is 48.3 Å². The average molecular weight is 341 g/mol. The number of carbonyl (C=O) groups excluding carboxylic acids is 1. The highest BCUT2D eigenvalue weighted by Gasteiger charge is 2.65. The lowest BCUT2D eigenvalue weighted by Crippen LogP contribution is -2.43. The van der Waals surface area contributed by atoms with Crippen LogP contribution in [-0.2, 0) is 9.53 Å². The van der Waals surface area contributed by atoms with Gasteiger partial charge in [-0.1, -0.05) is 26.0 Å². The van der Waals surface area contributed by atoms with Crippen LogP contribution in [0, 0.1) is 58.7 Å². The lowest BCUT2D eigenvalue weighted by molar-refractivity contribution is -0.173. The molecule has 0 aromatic rings. The van der Waals surface area contributed by atoms with Gasteiger partial charge >= 0.3 is 5.97 Å². The van der Waals surface area contributed by atoms with Crippen LogP contribution in [0.25, 0.3) is 0 Å². The van der Waals surface area contributed by atoms with Crippen LogP contribution in [-0.4, -0.2) is 11.6 Å². The Balaban J connectivity index is 1.21. The summed E-state index contributed by atoms with van der Waals surface area (Å²) in [5.74, 6) is 6.43. The Labute approximate surface area is 151 Å². The maximum absolute atomic E-state index is 13.2. The van der Waals surface area contributed by atoms with Crippen molar-refractivity contribution in [2.45, 2.75) is 64.9 Å². The Morgan fingerprint density at radius 1 is 1.00 bits per heavy atom. The Bertz CT molecular complexity index is 663. The van der Waals surface area contributed by atoms with Gasteiger partial charge in [-0.15, -0.1) is 0 Å². The molecule has 5 fully saturated rings. The number of carbonyl (C=O) groups is 1. The zero-order valence-corrected chi connectivity index (χ0v) is 15.9. The van der Waals surface area contributed by atoms with Crippen molar-refractivity contribution in [3.8, 4) is 0 Å². The van der Waals surface area contributed by atoms with Gasteiger partial charge in [-0.3, -0.25) is 4.79 Å². The predicted octanol–water partition coefficient (Wildman–Crippen LogP) is 4.84. The minimum atomic E-state index is -0.195. The van der Waals surface area contributed by atoms with Crippen molar-refractivity contribution >= 4 is 5.97 Å². The van der Waals surface area contributed by atoms with Gasteiger partial charge in [-0.05, 0) is 92.3 Å². The summed E-state index contributed by atoms with van der Waals surface area (Å²) in [6.07, 6.45) is 12.4. The van der Waals surface area contributed by atoms with Gasteiger partial charge in [-0.2, -0.15) is 0 Å². The molecule has 0 aromatic heterocycles. The zero-order chi connectivity index (χ0) is 17.1. The smallest absolute Gasteiger partial charge is 0.309 e. The van der Waals surface area contributed by atoms with Crippen LogP contribution >= 0.6 is 0 Å². The van der Waals surface area contributed by atoms with E-state index < -0.39 is 0 Å². The highest BCUT2D eigenvalue weighted by atomic mass is 16.6. The van der Waals surface area contributed by atoms with Gasteiger partial charge in [0.1, 0.15) is 5.60 Å². The van der Waals surface area contributed by atoms with Gasteiger partial charge in [-0.25, -0.2) is 0 Å². The molecule has 6 aliphatic rings. The molecule has 136 valence electrons. The van der Waals surface area contributed by atoms with E-state index >= 15 is 0 Å². The number of fused-ring (bicyclic) bond motifs is 11. The second-order valence-electron chi connectivity index (χ2n) is 11.2. The fourth-order valence-electron chi connectivity index (χ4n) is 9.19. The molecule has 2 heteroatoms. The van der Waals surface area contributed by atoms with E-state index in [-0.39, 0.29) is 17.5 Å². The summed E-state index contributed by atoms with van der Waals surface area (Å²) >= 11 is 0. The molecule has 6 rings (SSSR count). The van der Waals surface area contributed by atoms with Gasteiger partial charge in [0.25, 0.3) is 0 Å². The summed E-state index contributed by atoms with van der Waals surface area (Å²) in [5.41, 5.74) is 0.156. The van der Waals surface area contributed by atoms with E-state index in [4.69, 9.17) is 4.74 Å². The van der Waals surface area contributed by atoms with Crippen molar-refractivity contribution < 1.29 is 9.53 Å². The van der Waals surface area contributed by atoms with Gasteiger partial charge in [0.2, 0.25) is 0 Å². The number of rotatable bonds is 2. The van der Waals surface area contributed by atoms with E-state index in [2.05, 4.69) is 32.9 Å². The van der Waals surface area contributed by atoms with Crippen molar-refractivity contribution in [2.75, 3.05) is 0 Å². The quantitative estimate of drug-likeness (QED) is 0.408. The Kier molecular flexibility index (Phi) is 2.78. The Morgan fingerprint density at radius 3 is 2.44 bits per heavy atom. The summed E-state index contributed by atoms with van der Waals surface area (Å²) in [6, 6.07) is 0. The first kappa shape index (κ1) is 15.3. The topological polar surface area (TPSA) is 26.3 Å². The van der Waals surface area contributed by atoms with Crippen molar-refractivity contribution in [1.82, 2.24) is 0 Å². The largest absolute Gasteiger partial charge is 0.459 e.